The molecule has 6 heteroatoms. The number of hydrogen-bond donors (Lipinski definition) is 5. The highest BCUT2D eigenvalue weighted by Gasteiger charge is 2.42. The molecule has 0 aromatic heterocycles. The van der Waals surface area contributed by atoms with Gasteiger partial charge in [-0.05, 0) is 25.8 Å². The van der Waals surface area contributed by atoms with Crippen molar-refractivity contribution in [3.05, 3.63) is 0 Å². The lowest BCUT2D eigenvalue weighted by Gasteiger charge is -2.39. The van der Waals surface area contributed by atoms with Crippen LogP contribution >= 0.6 is 0 Å². The lowest BCUT2D eigenvalue weighted by atomic mass is 9.75. The molecule has 1 rings (SSSR count). The van der Waals surface area contributed by atoms with Gasteiger partial charge in [0, 0.05) is 6.54 Å². The third kappa shape index (κ3) is 3.66. The summed E-state index contributed by atoms with van der Waals surface area (Å²) in [6.45, 7) is 2.08. The van der Waals surface area contributed by atoms with Crippen LogP contribution in [0.15, 0.2) is 0 Å². The first-order valence-corrected chi connectivity index (χ1v) is 6.94. The lowest BCUT2D eigenvalue weighted by molar-refractivity contribution is -0.137. The second kappa shape index (κ2) is 7.19. The predicted octanol–water partition coefficient (Wildman–Crippen LogP) is -1.01. The molecule has 1 unspecified atom stereocenters. The quantitative estimate of drug-likeness (QED) is 0.409. The Bertz CT molecular complexity index is 273. The zero-order valence-electron chi connectivity index (χ0n) is 11.6. The molecule has 0 aliphatic carbocycles. The maximum absolute atomic E-state index is 12.5. The molecule has 0 saturated carbocycles. The lowest BCUT2D eigenvalue weighted by Crippen LogP contribution is -2.62. The van der Waals surface area contributed by atoms with Gasteiger partial charge in [0.2, 0.25) is 5.91 Å². The highest BCUT2D eigenvalue weighted by atomic mass is 16.3. The van der Waals surface area contributed by atoms with Crippen molar-refractivity contribution in [2.75, 3.05) is 32.9 Å². The van der Waals surface area contributed by atoms with Gasteiger partial charge in [0.05, 0.1) is 25.2 Å². The fourth-order valence-corrected chi connectivity index (χ4v) is 2.61. The maximum Gasteiger partial charge on any atom is 0.228 e. The van der Waals surface area contributed by atoms with Crippen LogP contribution in [0, 0.1) is 5.41 Å². The summed E-state index contributed by atoms with van der Waals surface area (Å²) in [5, 5.41) is 33.7. The van der Waals surface area contributed by atoms with E-state index in [4.69, 9.17) is 0 Å². The average molecular weight is 274 g/mol. The van der Waals surface area contributed by atoms with E-state index in [1.165, 1.54) is 0 Å². The number of aliphatic hydroxyl groups is 3. The molecule has 1 fully saturated rings. The maximum atomic E-state index is 12.5. The molecule has 6 nitrogen and oxygen atoms in total. The van der Waals surface area contributed by atoms with Gasteiger partial charge < -0.3 is 26.0 Å². The Hall–Kier alpha value is -0.690. The Labute approximate surface area is 114 Å². The van der Waals surface area contributed by atoms with E-state index in [9.17, 15) is 20.1 Å². The molecule has 1 saturated heterocycles. The molecule has 5 N–H and O–H groups in total. The first-order chi connectivity index (χ1) is 9.08. The van der Waals surface area contributed by atoms with Crippen LogP contribution < -0.4 is 10.6 Å². The number of rotatable bonds is 7. The van der Waals surface area contributed by atoms with E-state index in [1.807, 2.05) is 6.92 Å². The molecular formula is C13H26N2O4. The molecule has 0 spiro atoms. The largest absolute Gasteiger partial charge is 0.394 e. The summed E-state index contributed by atoms with van der Waals surface area (Å²) in [4.78, 5) is 12.5. The summed E-state index contributed by atoms with van der Waals surface area (Å²) in [7, 11) is 0. The van der Waals surface area contributed by atoms with Crippen molar-refractivity contribution in [3.8, 4) is 0 Å². The summed E-state index contributed by atoms with van der Waals surface area (Å²) in [6, 6.07) is 0. The van der Waals surface area contributed by atoms with Crippen molar-refractivity contribution in [2.45, 2.75) is 38.1 Å². The van der Waals surface area contributed by atoms with Gasteiger partial charge in [0.1, 0.15) is 5.54 Å². The minimum Gasteiger partial charge on any atom is -0.394 e. The van der Waals surface area contributed by atoms with E-state index >= 15 is 0 Å². The number of hydrogen-bond acceptors (Lipinski definition) is 5. The Morgan fingerprint density at radius 3 is 2.37 bits per heavy atom. The highest BCUT2D eigenvalue weighted by Crippen LogP contribution is 2.32. The molecule has 112 valence electrons. The zero-order chi connectivity index (χ0) is 14.4. The monoisotopic (exact) mass is 274 g/mol. The molecule has 1 aliphatic rings. The van der Waals surface area contributed by atoms with Gasteiger partial charge in [0.25, 0.3) is 0 Å². The number of carbonyl (C=O) groups is 1. The van der Waals surface area contributed by atoms with Crippen molar-refractivity contribution in [1.29, 1.82) is 0 Å². The third-order valence-electron chi connectivity index (χ3n) is 3.97. The Morgan fingerprint density at radius 1 is 1.32 bits per heavy atom. The summed E-state index contributed by atoms with van der Waals surface area (Å²) in [5.41, 5.74) is -1.84. The van der Waals surface area contributed by atoms with Crippen molar-refractivity contribution < 1.29 is 20.1 Å². The molecule has 19 heavy (non-hydrogen) atoms. The number of amides is 1. The summed E-state index contributed by atoms with van der Waals surface area (Å²) in [6.07, 6.45) is 3.36. The summed E-state index contributed by atoms with van der Waals surface area (Å²) < 4.78 is 0. The number of aliphatic hydroxyl groups excluding tert-OH is 3. The Balaban J connectivity index is 2.82. The second-order valence-corrected chi connectivity index (χ2v) is 5.52. The smallest absolute Gasteiger partial charge is 0.228 e. The number of nitrogens with one attached hydrogen (secondary N) is 2. The average Bonchev–Trinajstić information content (AvgIpc) is 2.46. The van der Waals surface area contributed by atoms with Crippen molar-refractivity contribution in [2.24, 2.45) is 5.41 Å². The second-order valence-electron chi connectivity index (χ2n) is 5.52. The van der Waals surface area contributed by atoms with E-state index in [1.54, 1.807) is 0 Å². The predicted molar refractivity (Wildman–Crippen MR) is 71.6 cm³/mol. The molecule has 1 heterocycles. The summed E-state index contributed by atoms with van der Waals surface area (Å²) >= 11 is 0. The van der Waals surface area contributed by atoms with Crippen LogP contribution in [0.4, 0.5) is 0 Å². The van der Waals surface area contributed by atoms with E-state index in [0.29, 0.717) is 6.54 Å². The van der Waals surface area contributed by atoms with Crippen LogP contribution in [-0.2, 0) is 4.79 Å². The van der Waals surface area contributed by atoms with Gasteiger partial charge in [-0.3, -0.25) is 4.79 Å². The van der Waals surface area contributed by atoms with E-state index < -0.39 is 30.8 Å². The fraction of sp³-hybridized carbons (Fsp3) is 0.923. The highest BCUT2D eigenvalue weighted by molar-refractivity contribution is 5.83. The molecule has 1 atom stereocenters. The van der Waals surface area contributed by atoms with Gasteiger partial charge in [0.15, 0.2) is 0 Å². The third-order valence-corrected chi connectivity index (χ3v) is 3.97. The standard InChI is InChI=1S/C13H26N2O4/c1-2-4-12(5-3-6-14-7-12)11(19)15-13(8-16,9-17)10-18/h14,16-18H,2-10H2,1H3,(H,15,19). The minimum absolute atomic E-state index is 0.196. The molecule has 0 radical (unpaired) electrons. The first kappa shape index (κ1) is 16.4. The Kier molecular flexibility index (Phi) is 6.19. The summed E-state index contributed by atoms with van der Waals surface area (Å²) in [5.74, 6) is -0.196. The zero-order valence-corrected chi connectivity index (χ0v) is 11.6. The van der Waals surface area contributed by atoms with Crippen molar-refractivity contribution in [1.82, 2.24) is 10.6 Å². The fourth-order valence-electron chi connectivity index (χ4n) is 2.61. The first-order valence-electron chi connectivity index (χ1n) is 6.94. The van der Waals surface area contributed by atoms with Gasteiger partial charge >= 0.3 is 0 Å². The Morgan fingerprint density at radius 2 is 1.95 bits per heavy atom. The number of piperidine rings is 1. The molecule has 0 aromatic rings. The minimum atomic E-state index is -1.34. The molecule has 0 aromatic carbocycles. The molecule has 0 bridgehead atoms. The van der Waals surface area contributed by atoms with Crippen LogP contribution in [0.2, 0.25) is 0 Å². The molecule has 1 aliphatic heterocycles. The van der Waals surface area contributed by atoms with E-state index in [0.717, 1.165) is 32.2 Å². The normalized spacial score (nSPS) is 24.2. The van der Waals surface area contributed by atoms with Crippen LogP contribution in [0.5, 0.6) is 0 Å². The van der Waals surface area contributed by atoms with Gasteiger partial charge in [-0.15, -0.1) is 0 Å². The van der Waals surface area contributed by atoms with Crippen LogP contribution in [0.1, 0.15) is 32.6 Å². The topological polar surface area (TPSA) is 102 Å². The van der Waals surface area contributed by atoms with Crippen molar-refractivity contribution >= 4 is 5.91 Å². The number of carbonyl (C=O) groups excluding carboxylic acids is 1. The van der Waals surface area contributed by atoms with E-state index in [2.05, 4.69) is 10.6 Å². The van der Waals surface area contributed by atoms with Crippen LogP contribution in [-0.4, -0.2) is 59.7 Å². The van der Waals surface area contributed by atoms with Gasteiger partial charge in [-0.2, -0.15) is 0 Å². The van der Waals surface area contributed by atoms with Gasteiger partial charge in [-0.25, -0.2) is 0 Å². The SMILES string of the molecule is CCCC1(C(=O)NC(CO)(CO)CO)CCCNC1. The van der Waals surface area contributed by atoms with Crippen LogP contribution in [0.25, 0.3) is 0 Å². The van der Waals surface area contributed by atoms with Gasteiger partial charge in [-0.1, -0.05) is 13.3 Å². The van der Waals surface area contributed by atoms with Crippen LogP contribution in [0.3, 0.4) is 0 Å². The molecular weight excluding hydrogens is 248 g/mol. The van der Waals surface area contributed by atoms with E-state index in [-0.39, 0.29) is 5.91 Å². The molecule has 1 amide bonds. The van der Waals surface area contributed by atoms with Crippen molar-refractivity contribution in [3.63, 3.8) is 0 Å².